The van der Waals surface area contributed by atoms with Crippen molar-refractivity contribution in [1.82, 2.24) is 0 Å². The number of hydrogen-bond acceptors (Lipinski definition) is 2. The second kappa shape index (κ2) is 4.84. The van der Waals surface area contributed by atoms with E-state index < -0.39 is 0 Å². The Morgan fingerprint density at radius 2 is 2.13 bits per heavy atom. The molecule has 1 aliphatic rings. The van der Waals surface area contributed by atoms with Crippen LogP contribution in [0.3, 0.4) is 0 Å². The highest BCUT2D eigenvalue weighted by molar-refractivity contribution is 5.18. The number of rotatable bonds is 3. The van der Waals surface area contributed by atoms with Crippen molar-refractivity contribution in [3.63, 3.8) is 0 Å². The third-order valence-electron chi connectivity index (χ3n) is 3.54. The van der Waals surface area contributed by atoms with Gasteiger partial charge in [0.25, 0.3) is 0 Å². The lowest BCUT2D eigenvalue weighted by atomic mass is 9.84. The molecule has 1 unspecified atom stereocenters. The molecule has 0 saturated heterocycles. The second-order valence-electron chi connectivity index (χ2n) is 4.69. The summed E-state index contributed by atoms with van der Waals surface area (Å²) in [5.41, 5.74) is 0.973. The predicted octanol–water partition coefficient (Wildman–Crippen LogP) is 3.59. The summed E-state index contributed by atoms with van der Waals surface area (Å²) in [6.45, 7) is 1.92. The molecule has 0 bridgehead atoms. The summed E-state index contributed by atoms with van der Waals surface area (Å²) in [5, 5.41) is 10.1. The normalized spacial score (nSPS) is 20.4. The van der Waals surface area contributed by atoms with Crippen LogP contribution in [0.4, 0.5) is 0 Å². The zero-order chi connectivity index (χ0) is 10.7. The van der Waals surface area contributed by atoms with Gasteiger partial charge in [-0.3, -0.25) is 0 Å². The first-order chi connectivity index (χ1) is 7.27. The maximum Gasteiger partial charge on any atom is 0.106 e. The molecule has 0 spiro atoms. The van der Waals surface area contributed by atoms with Crippen molar-refractivity contribution in [1.29, 1.82) is 0 Å². The van der Waals surface area contributed by atoms with Gasteiger partial charge >= 0.3 is 0 Å². The summed E-state index contributed by atoms with van der Waals surface area (Å²) in [6.07, 6.45) is 8.85. The number of aryl methyl sites for hydroxylation is 1. The molecule has 84 valence electrons. The van der Waals surface area contributed by atoms with Gasteiger partial charge in [0, 0.05) is 5.56 Å². The lowest BCUT2D eigenvalue weighted by Crippen LogP contribution is -2.11. The van der Waals surface area contributed by atoms with E-state index in [9.17, 15) is 5.11 Å². The van der Waals surface area contributed by atoms with Gasteiger partial charge in [0.05, 0.1) is 12.4 Å². The molecule has 1 aliphatic carbocycles. The molecular weight excluding hydrogens is 188 g/mol. The van der Waals surface area contributed by atoms with Gasteiger partial charge in [0.2, 0.25) is 0 Å². The van der Waals surface area contributed by atoms with Gasteiger partial charge in [0.1, 0.15) is 5.76 Å². The Hall–Kier alpha value is -0.760. The van der Waals surface area contributed by atoms with Crippen molar-refractivity contribution >= 4 is 0 Å². The number of aliphatic hydroxyl groups excluding tert-OH is 1. The third-order valence-corrected chi connectivity index (χ3v) is 3.54. The van der Waals surface area contributed by atoms with Crippen molar-refractivity contribution in [3.05, 3.63) is 23.7 Å². The van der Waals surface area contributed by atoms with Gasteiger partial charge in [-0.25, -0.2) is 0 Å². The molecule has 0 amide bonds. The van der Waals surface area contributed by atoms with Gasteiger partial charge in [-0.2, -0.15) is 0 Å². The molecule has 1 fully saturated rings. The van der Waals surface area contributed by atoms with Crippen LogP contribution < -0.4 is 0 Å². The highest BCUT2D eigenvalue weighted by Gasteiger charge is 2.20. The maximum atomic E-state index is 10.1. The van der Waals surface area contributed by atoms with Crippen LogP contribution in [0.5, 0.6) is 0 Å². The summed E-state index contributed by atoms with van der Waals surface area (Å²) in [6, 6.07) is 1.89. The first kappa shape index (κ1) is 10.7. The van der Waals surface area contributed by atoms with Crippen LogP contribution in [0.2, 0.25) is 0 Å². The summed E-state index contributed by atoms with van der Waals surface area (Å²) in [4.78, 5) is 0. The van der Waals surface area contributed by atoms with E-state index in [0.29, 0.717) is 5.92 Å². The third kappa shape index (κ3) is 2.63. The smallest absolute Gasteiger partial charge is 0.106 e. The molecule has 1 aromatic rings. The quantitative estimate of drug-likeness (QED) is 0.823. The Morgan fingerprint density at radius 3 is 2.73 bits per heavy atom. The van der Waals surface area contributed by atoms with Gasteiger partial charge in [0.15, 0.2) is 0 Å². The van der Waals surface area contributed by atoms with Gasteiger partial charge in [-0.15, -0.1) is 0 Å². The summed E-state index contributed by atoms with van der Waals surface area (Å²) in [5.74, 6) is 1.57. The maximum absolute atomic E-state index is 10.1. The Labute approximate surface area is 91.3 Å². The lowest BCUT2D eigenvalue weighted by molar-refractivity contribution is 0.130. The van der Waals surface area contributed by atoms with Crippen LogP contribution in [0.15, 0.2) is 16.7 Å². The van der Waals surface area contributed by atoms with E-state index in [1.807, 2.05) is 13.0 Å². The van der Waals surface area contributed by atoms with Crippen molar-refractivity contribution in [2.75, 3.05) is 0 Å². The van der Waals surface area contributed by atoms with E-state index in [0.717, 1.165) is 17.7 Å². The molecule has 0 aromatic carbocycles. The van der Waals surface area contributed by atoms with Crippen LogP contribution in [0.1, 0.15) is 56.0 Å². The lowest BCUT2D eigenvalue weighted by Gasteiger charge is -2.23. The summed E-state index contributed by atoms with van der Waals surface area (Å²) >= 11 is 0. The van der Waals surface area contributed by atoms with Crippen LogP contribution in [0, 0.1) is 12.8 Å². The minimum absolute atomic E-state index is 0.327. The Bertz CT molecular complexity index is 297. The fourth-order valence-electron chi connectivity index (χ4n) is 2.61. The SMILES string of the molecule is Cc1occc1C(O)CC1CCCCC1. The molecule has 1 heterocycles. The van der Waals surface area contributed by atoms with Gasteiger partial charge in [-0.05, 0) is 25.3 Å². The van der Waals surface area contributed by atoms with Crippen molar-refractivity contribution in [3.8, 4) is 0 Å². The molecule has 2 rings (SSSR count). The molecule has 2 heteroatoms. The zero-order valence-electron chi connectivity index (χ0n) is 9.41. The first-order valence-electron chi connectivity index (χ1n) is 5.99. The van der Waals surface area contributed by atoms with Crippen LogP contribution in [-0.4, -0.2) is 5.11 Å². The molecule has 1 atom stereocenters. The van der Waals surface area contributed by atoms with Gasteiger partial charge in [-0.1, -0.05) is 32.1 Å². The highest BCUT2D eigenvalue weighted by Crippen LogP contribution is 2.32. The predicted molar refractivity (Wildman–Crippen MR) is 59.6 cm³/mol. The van der Waals surface area contributed by atoms with Crippen molar-refractivity contribution in [2.45, 2.75) is 51.6 Å². The van der Waals surface area contributed by atoms with E-state index in [1.165, 1.54) is 32.1 Å². The standard InChI is InChI=1S/C13H20O2/c1-10-12(7-8-15-10)13(14)9-11-5-3-2-4-6-11/h7-8,11,13-14H,2-6,9H2,1H3. The van der Waals surface area contributed by atoms with E-state index in [2.05, 4.69) is 0 Å². The molecule has 1 N–H and O–H groups in total. The molecule has 0 radical (unpaired) electrons. The summed E-state index contributed by atoms with van der Waals surface area (Å²) in [7, 11) is 0. The monoisotopic (exact) mass is 208 g/mol. The number of furan rings is 1. The Balaban J connectivity index is 1.91. The minimum atomic E-state index is -0.327. The average Bonchev–Trinajstić information content (AvgIpc) is 2.66. The molecule has 1 aromatic heterocycles. The Kier molecular flexibility index (Phi) is 3.47. The van der Waals surface area contributed by atoms with E-state index in [-0.39, 0.29) is 6.10 Å². The average molecular weight is 208 g/mol. The molecule has 2 nitrogen and oxygen atoms in total. The largest absolute Gasteiger partial charge is 0.469 e. The van der Waals surface area contributed by atoms with Crippen molar-refractivity contribution < 1.29 is 9.52 Å². The molecular formula is C13H20O2. The van der Waals surface area contributed by atoms with Crippen LogP contribution in [0.25, 0.3) is 0 Å². The number of aliphatic hydroxyl groups is 1. The van der Waals surface area contributed by atoms with E-state index in [4.69, 9.17) is 4.42 Å². The number of hydrogen-bond donors (Lipinski definition) is 1. The summed E-state index contributed by atoms with van der Waals surface area (Å²) < 4.78 is 5.21. The first-order valence-corrected chi connectivity index (χ1v) is 5.99. The van der Waals surface area contributed by atoms with Crippen LogP contribution >= 0.6 is 0 Å². The molecule has 0 aliphatic heterocycles. The molecule has 15 heavy (non-hydrogen) atoms. The Morgan fingerprint density at radius 1 is 1.40 bits per heavy atom. The van der Waals surface area contributed by atoms with Crippen LogP contribution in [-0.2, 0) is 0 Å². The second-order valence-corrected chi connectivity index (χ2v) is 4.69. The van der Waals surface area contributed by atoms with Gasteiger partial charge < -0.3 is 9.52 Å². The van der Waals surface area contributed by atoms with Crippen molar-refractivity contribution in [2.24, 2.45) is 5.92 Å². The topological polar surface area (TPSA) is 33.4 Å². The van der Waals surface area contributed by atoms with E-state index >= 15 is 0 Å². The molecule has 1 saturated carbocycles. The zero-order valence-corrected chi connectivity index (χ0v) is 9.41. The fourth-order valence-corrected chi connectivity index (χ4v) is 2.61. The minimum Gasteiger partial charge on any atom is -0.469 e. The highest BCUT2D eigenvalue weighted by atomic mass is 16.3. The fraction of sp³-hybridized carbons (Fsp3) is 0.692. The van der Waals surface area contributed by atoms with E-state index in [1.54, 1.807) is 6.26 Å².